The van der Waals surface area contributed by atoms with Crippen LogP contribution < -0.4 is 0 Å². The fourth-order valence-electron chi connectivity index (χ4n) is 4.84. The van der Waals surface area contributed by atoms with Crippen molar-refractivity contribution in [1.29, 1.82) is 0 Å². The van der Waals surface area contributed by atoms with E-state index in [1.165, 1.54) is 0 Å². The van der Waals surface area contributed by atoms with Crippen LogP contribution in [-0.2, 0) is 0 Å². The third-order valence-corrected chi connectivity index (χ3v) is 23.6. The summed E-state index contributed by atoms with van der Waals surface area (Å²) in [6.45, 7) is 29.5. The molecule has 0 aliphatic carbocycles. The Bertz CT molecular complexity index is 260. The zero-order chi connectivity index (χ0) is 16.7. The van der Waals surface area contributed by atoms with Crippen LogP contribution in [0.3, 0.4) is 0 Å². The second-order valence-corrected chi connectivity index (χ2v) is 33.5. The summed E-state index contributed by atoms with van der Waals surface area (Å²) in [4.78, 5) is 0. The van der Waals surface area contributed by atoms with Crippen LogP contribution in [0.2, 0.25) is 88.7 Å². The Morgan fingerprint density at radius 3 is 0.750 bits per heavy atom. The van der Waals surface area contributed by atoms with Gasteiger partial charge in [-0.1, -0.05) is 78.6 Å². The zero-order valence-electron chi connectivity index (χ0n) is 16.2. The van der Waals surface area contributed by atoms with Crippen LogP contribution >= 0.6 is 0 Å². The van der Waals surface area contributed by atoms with E-state index in [-0.39, 0.29) is 6.92 Å². The predicted molar refractivity (Wildman–Crippen MR) is 109 cm³/mol. The highest BCUT2D eigenvalue weighted by molar-refractivity contribution is 7.15. The van der Waals surface area contributed by atoms with E-state index in [1.807, 2.05) is 0 Å². The van der Waals surface area contributed by atoms with E-state index in [0.717, 1.165) is 0 Å². The summed E-state index contributed by atoms with van der Waals surface area (Å²) in [7, 11) is -5.40. The van der Waals surface area contributed by atoms with E-state index in [2.05, 4.69) is 78.6 Å². The SMILES string of the molecule is C[Si](C)(C)C(B(O)C([Si](C)(C)C)[Si](C)(C)C)[Si](C)(C)C. The highest BCUT2D eigenvalue weighted by Gasteiger charge is 2.53. The normalized spacial score (nSPS) is 15.2. The Morgan fingerprint density at radius 1 is 0.500 bits per heavy atom. The molecule has 1 nitrogen and oxygen atoms in total. The second-order valence-electron chi connectivity index (χ2n) is 10.9. The molecule has 0 aliphatic rings. The first-order valence-electron chi connectivity index (χ1n) is 8.08. The third kappa shape index (κ3) is 5.59. The van der Waals surface area contributed by atoms with Crippen molar-refractivity contribution in [3.8, 4) is 0 Å². The quantitative estimate of drug-likeness (QED) is 0.654. The summed E-state index contributed by atoms with van der Waals surface area (Å²) < 4.78 is 0. The topological polar surface area (TPSA) is 20.2 Å². The van der Waals surface area contributed by atoms with Gasteiger partial charge in [-0.2, -0.15) is 0 Å². The molecule has 0 bridgehead atoms. The van der Waals surface area contributed by atoms with Gasteiger partial charge in [0.25, 0.3) is 6.92 Å². The molecule has 0 aromatic carbocycles. The second kappa shape index (κ2) is 6.18. The molecule has 1 N–H and O–H groups in total. The fraction of sp³-hybridized carbons (Fsp3) is 1.00. The van der Waals surface area contributed by atoms with Crippen LogP contribution in [0.15, 0.2) is 0 Å². The summed E-state index contributed by atoms with van der Waals surface area (Å²) >= 11 is 0. The average molecular weight is 347 g/mol. The Morgan fingerprint density at radius 2 is 0.650 bits per heavy atom. The molecule has 0 aromatic heterocycles. The van der Waals surface area contributed by atoms with E-state index >= 15 is 0 Å². The minimum absolute atomic E-state index is 0.0494. The van der Waals surface area contributed by atoms with Gasteiger partial charge in [0.05, 0.1) is 0 Å². The van der Waals surface area contributed by atoms with E-state index in [9.17, 15) is 5.02 Å². The number of hydrogen-bond acceptors (Lipinski definition) is 1. The molecule has 120 valence electrons. The van der Waals surface area contributed by atoms with Gasteiger partial charge in [-0.25, -0.2) is 0 Å². The van der Waals surface area contributed by atoms with Crippen LogP contribution in [0.5, 0.6) is 0 Å². The standard InChI is InChI=1S/C14H39BOSi4/c1-17(2,3)13(18(4,5)6)15(16)14(19(7,8)9)20(10,11)12/h13-14,16H,1-12H3. The molecule has 0 heterocycles. The summed E-state index contributed by atoms with van der Waals surface area (Å²) in [6.07, 6.45) is 0. The van der Waals surface area contributed by atoms with Crippen molar-refractivity contribution in [1.82, 2.24) is 0 Å². The van der Waals surface area contributed by atoms with Crippen LogP contribution in [0, 0.1) is 0 Å². The summed E-state index contributed by atoms with van der Waals surface area (Å²) in [5.41, 5.74) is 0. The minimum atomic E-state index is -1.35. The molecular formula is C14H39BOSi4. The maximum atomic E-state index is 11.5. The minimum Gasteiger partial charge on any atom is -0.451 e. The smallest absolute Gasteiger partial charge is 0.284 e. The molecule has 0 unspecified atom stereocenters. The van der Waals surface area contributed by atoms with Gasteiger partial charge in [0, 0.05) is 32.3 Å². The molecule has 0 aromatic rings. The molecule has 0 atom stereocenters. The lowest BCUT2D eigenvalue weighted by molar-refractivity contribution is 0.570. The Labute approximate surface area is 133 Å². The average Bonchev–Trinajstić information content (AvgIpc) is 1.88. The van der Waals surface area contributed by atoms with Crippen molar-refractivity contribution in [3.63, 3.8) is 0 Å². The number of hydrogen-bond donors (Lipinski definition) is 1. The Kier molecular flexibility index (Phi) is 6.46. The molecule has 0 radical (unpaired) electrons. The van der Waals surface area contributed by atoms with Crippen LogP contribution in [0.25, 0.3) is 0 Å². The van der Waals surface area contributed by atoms with Crippen molar-refractivity contribution < 1.29 is 5.02 Å². The molecule has 20 heavy (non-hydrogen) atoms. The first-order chi connectivity index (χ1) is 8.40. The highest BCUT2D eigenvalue weighted by atomic mass is 28.4. The predicted octanol–water partition coefficient (Wildman–Crippen LogP) is 5.22. The Hall–Kier alpha value is 0.892. The van der Waals surface area contributed by atoms with E-state index in [0.29, 0.717) is 10.1 Å². The molecule has 0 aliphatic heterocycles. The largest absolute Gasteiger partial charge is 0.451 e. The van der Waals surface area contributed by atoms with E-state index < -0.39 is 32.3 Å². The van der Waals surface area contributed by atoms with Gasteiger partial charge in [0.2, 0.25) is 0 Å². The molecule has 0 rings (SSSR count). The van der Waals surface area contributed by atoms with Gasteiger partial charge < -0.3 is 5.02 Å². The van der Waals surface area contributed by atoms with E-state index in [4.69, 9.17) is 0 Å². The summed E-state index contributed by atoms with van der Waals surface area (Å²) in [6, 6.07) is 0. The lowest BCUT2D eigenvalue weighted by Crippen LogP contribution is -2.61. The maximum Gasteiger partial charge on any atom is 0.284 e. The third-order valence-electron chi connectivity index (χ3n) is 4.42. The molecule has 6 heteroatoms. The van der Waals surface area contributed by atoms with Crippen LogP contribution in [0.4, 0.5) is 0 Å². The van der Waals surface area contributed by atoms with Crippen molar-refractivity contribution in [2.75, 3.05) is 0 Å². The molecular weight excluding hydrogens is 307 g/mol. The summed E-state index contributed by atoms with van der Waals surface area (Å²) in [5, 5.41) is 12.7. The van der Waals surface area contributed by atoms with Crippen molar-refractivity contribution in [2.24, 2.45) is 0 Å². The van der Waals surface area contributed by atoms with Crippen LogP contribution in [0.1, 0.15) is 0 Å². The fourth-order valence-corrected chi connectivity index (χ4v) is 31.3. The highest BCUT2D eigenvalue weighted by Crippen LogP contribution is 2.43. The first kappa shape index (κ1) is 20.9. The molecule has 0 fully saturated rings. The van der Waals surface area contributed by atoms with Crippen molar-refractivity contribution >= 4 is 39.2 Å². The lowest BCUT2D eigenvalue weighted by atomic mass is 9.73. The van der Waals surface area contributed by atoms with Gasteiger partial charge in [-0.05, 0) is 10.1 Å². The van der Waals surface area contributed by atoms with Gasteiger partial charge in [0.1, 0.15) is 0 Å². The van der Waals surface area contributed by atoms with Crippen molar-refractivity contribution in [3.05, 3.63) is 0 Å². The maximum absolute atomic E-state index is 11.5. The Balaban J connectivity index is 5.81. The van der Waals surface area contributed by atoms with Gasteiger partial charge in [0.15, 0.2) is 0 Å². The van der Waals surface area contributed by atoms with Crippen LogP contribution in [-0.4, -0.2) is 44.2 Å². The first-order valence-corrected chi connectivity index (χ1v) is 22.4. The van der Waals surface area contributed by atoms with Gasteiger partial charge >= 0.3 is 0 Å². The number of rotatable bonds is 6. The monoisotopic (exact) mass is 346 g/mol. The van der Waals surface area contributed by atoms with Gasteiger partial charge in [-0.15, -0.1) is 0 Å². The summed E-state index contributed by atoms with van der Waals surface area (Å²) in [5.74, 6) is 0. The lowest BCUT2D eigenvalue weighted by Gasteiger charge is -2.48. The zero-order valence-corrected chi connectivity index (χ0v) is 20.2. The van der Waals surface area contributed by atoms with Crippen molar-refractivity contribution in [2.45, 2.75) is 88.7 Å². The van der Waals surface area contributed by atoms with E-state index in [1.54, 1.807) is 0 Å². The molecule has 0 saturated carbocycles. The molecule has 0 amide bonds. The molecule has 0 saturated heterocycles. The van der Waals surface area contributed by atoms with Gasteiger partial charge in [-0.3, -0.25) is 0 Å². The molecule has 0 spiro atoms.